The number of thiophene rings is 1. The lowest BCUT2D eigenvalue weighted by molar-refractivity contribution is 0.0607. The van der Waals surface area contributed by atoms with Crippen LogP contribution in [0.4, 0.5) is 10.7 Å². The Morgan fingerprint density at radius 2 is 2.05 bits per heavy atom. The zero-order valence-electron chi connectivity index (χ0n) is 12.3. The van der Waals surface area contributed by atoms with Gasteiger partial charge >= 0.3 is 5.97 Å². The largest absolute Gasteiger partial charge is 0.465 e. The molecule has 120 valence electrons. The first-order chi connectivity index (χ1) is 9.88. The Morgan fingerprint density at radius 1 is 1.38 bits per heavy atom. The zero-order valence-corrected chi connectivity index (χ0v) is 13.9. The van der Waals surface area contributed by atoms with Crippen LogP contribution in [0.3, 0.4) is 0 Å². The molecule has 0 radical (unpaired) electrons. The number of nitrogens with two attached hydrogens (primary N) is 1. The Morgan fingerprint density at radius 3 is 2.57 bits per heavy atom. The Bertz CT molecular complexity index is 595. The third-order valence-electron chi connectivity index (χ3n) is 2.70. The van der Waals surface area contributed by atoms with Crippen molar-refractivity contribution in [3.8, 4) is 0 Å². The molecule has 0 aromatic carbocycles. The quantitative estimate of drug-likeness (QED) is 0.545. The molecule has 7 nitrogen and oxygen atoms in total. The SMILES string of the molecule is CCOCCNc1sc(C(=O)OC)c(N)c1S(=O)(=O)CC. The fraction of sp³-hybridized carbons (Fsp3) is 0.583. The van der Waals surface area contributed by atoms with E-state index in [4.69, 9.17) is 10.5 Å². The van der Waals surface area contributed by atoms with Gasteiger partial charge in [0.15, 0.2) is 9.84 Å². The number of methoxy groups -OCH3 is 1. The second-order valence-electron chi connectivity index (χ2n) is 4.02. The second-order valence-corrected chi connectivity index (χ2v) is 7.26. The molecule has 0 atom stereocenters. The van der Waals surface area contributed by atoms with Crippen LogP contribution in [0, 0.1) is 0 Å². The van der Waals surface area contributed by atoms with E-state index in [1.54, 1.807) is 0 Å². The number of hydrogen-bond acceptors (Lipinski definition) is 8. The van der Waals surface area contributed by atoms with Gasteiger partial charge in [-0.05, 0) is 6.92 Å². The predicted molar refractivity (Wildman–Crippen MR) is 82.8 cm³/mol. The van der Waals surface area contributed by atoms with Gasteiger partial charge in [0, 0.05) is 13.2 Å². The van der Waals surface area contributed by atoms with Crippen molar-refractivity contribution >= 4 is 37.8 Å². The first-order valence-electron chi connectivity index (χ1n) is 6.43. The van der Waals surface area contributed by atoms with E-state index in [1.165, 1.54) is 14.0 Å². The van der Waals surface area contributed by atoms with Crippen LogP contribution >= 0.6 is 11.3 Å². The Labute approximate surface area is 128 Å². The van der Waals surface area contributed by atoms with Gasteiger partial charge in [0.25, 0.3) is 0 Å². The maximum atomic E-state index is 12.2. The number of carbonyl (C=O) groups excluding carboxylic acids is 1. The lowest BCUT2D eigenvalue weighted by Gasteiger charge is -2.08. The van der Waals surface area contributed by atoms with Gasteiger partial charge in [0.1, 0.15) is 14.8 Å². The van der Waals surface area contributed by atoms with Crippen molar-refractivity contribution in [2.45, 2.75) is 18.7 Å². The van der Waals surface area contributed by atoms with Gasteiger partial charge in [-0.3, -0.25) is 0 Å². The topological polar surface area (TPSA) is 108 Å². The van der Waals surface area contributed by atoms with E-state index in [-0.39, 0.29) is 21.2 Å². The van der Waals surface area contributed by atoms with Gasteiger partial charge < -0.3 is 20.5 Å². The van der Waals surface area contributed by atoms with Gasteiger partial charge in [-0.25, -0.2) is 13.2 Å². The van der Waals surface area contributed by atoms with Gasteiger partial charge in [0.2, 0.25) is 0 Å². The summed E-state index contributed by atoms with van der Waals surface area (Å²) < 4.78 is 34.1. The van der Waals surface area contributed by atoms with Crippen molar-refractivity contribution in [2.24, 2.45) is 0 Å². The molecule has 0 saturated carbocycles. The summed E-state index contributed by atoms with van der Waals surface area (Å²) in [6, 6.07) is 0. The minimum Gasteiger partial charge on any atom is -0.465 e. The number of rotatable bonds is 8. The fourth-order valence-electron chi connectivity index (χ4n) is 1.62. The van der Waals surface area contributed by atoms with Crippen LogP contribution < -0.4 is 11.1 Å². The van der Waals surface area contributed by atoms with E-state index < -0.39 is 15.8 Å². The molecule has 1 rings (SSSR count). The van der Waals surface area contributed by atoms with Gasteiger partial charge in [-0.2, -0.15) is 0 Å². The highest BCUT2D eigenvalue weighted by Crippen LogP contribution is 2.40. The molecule has 0 saturated heterocycles. The molecular formula is C12H20N2O5S2. The van der Waals surface area contributed by atoms with E-state index >= 15 is 0 Å². The first kappa shape index (κ1) is 17.7. The van der Waals surface area contributed by atoms with Crippen molar-refractivity contribution in [3.63, 3.8) is 0 Å². The highest BCUT2D eigenvalue weighted by molar-refractivity contribution is 7.91. The zero-order chi connectivity index (χ0) is 16.0. The molecular weight excluding hydrogens is 316 g/mol. The highest BCUT2D eigenvalue weighted by atomic mass is 32.2. The van der Waals surface area contributed by atoms with Crippen LogP contribution in [0.2, 0.25) is 0 Å². The highest BCUT2D eigenvalue weighted by Gasteiger charge is 2.29. The minimum atomic E-state index is -3.55. The molecule has 0 unspecified atom stereocenters. The molecule has 0 spiro atoms. The van der Waals surface area contributed by atoms with Crippen LogP contribution in [0.1, 0.15) is 23.5 Å². The molecule has 1 heterocycles. The lowest BCUT2D eigenvalue weighted by Crippen LogP contribution is -2.13. The number of nitrogen functional groups attached to an aromatic ring is 1. The third kappa shape index (κ3) is 4.08. The predicted octanol–water partition coefficient (Wildman–Crippen LogP) is 1.36. The molecule has 1 aromatic rings. The second kappa shape index (κ2) is 7.62. The first-order valence-corrected chi connectivity index (χ1v) is 8.90. The molecule has 0 amide bonds. The lowest BCUT2D eigenvalue weighted by atomic mass is 10.4. The van der Waals surface area contributed by atoms with Crippen LogP contribution in [0.15, 0.2) is 4.90 Å². The standard InChI is InChI=1S/C12H20N2O5S2/c1-4-19-7-6-14-11-10(21(16,17)5-2)8(13)9(20-11)12(15)18-3/h14H,4-7,13H2,1-3H3. The number of hydrogen-bond donors (Lipinski definition) is 2. The summed E-state index contributed by atoms with van der Waals surface area (Å²) in [5.74, 6) is -0.753. The number of ether oxygens (including phenoxy) is 2. The number of carbonyl (C=O) groups is 1. The summed E-state index contributed by atoms with van der Waals surface area (Å²) >= 11 is 0.974. The summed E-state index contributed by atoms with van der Waals surface area (Å²) in [5.41, 5.74) is 5.77. The van der Waals surface area contributed by atoms with Crippen molar-refractivity contribution in [1.29, 1.82) is 0 Å². The molecule has 0 aliphatic heterocycles. The average Bonchev–Trinajstić information content (AvgIpc) is 2.80. The number of anilines is 2. The van der Waals surface area contributed by atoms with E-state index in [1.807, 2.05) is 6.92 Å². The van der Waals surface area contributed by atoms with E-state index in [9.17, 15) is 13.2 Å². The molecule has 3 N–H and O–H groups in total. The third-order valence-corrected chi connectivity index (χ3v) is 5.78. The maximum Gasteiger partial charge on any atom is 0.350 e. The normalized spacial score (nSPS) is 11.4. The Kier molecular flexibility index (Phi) is 6.43. The molecule has 1 aromatic heterocycles. The van der Waals surface area contributed by atoms with Crippen molar-refractivity contribution in [1.82, 2.24) is 0 Å². The van der Waals surface area contributed by atoms with E-state index in [0.29, 0.717) is 24.8 Å². The molecule has 21 heavy (non-hydrogen) atoms. The van der Waals surface area contributed by atoms with Crippen molar-refractivity contribution < 1.29 is 22.7 Å². The molecule has 0 aliphatic carbocycles. The van der Waals surface area contributed by atoms with Gasteiger partial charge in [-0.15, -0.1) is 11.3 Å². The molecule has 0 bridgehead atoms. The molecule has 9 heteroatoms. The maximum absolute atomic E-state index is 12.2. The summed E-state index contributed by atoms with van der Waals surface area (Å²) in [6.07, 6.45) is 0. The fourth-order valence-corrected chi connectivity index (χ4v) is 4.23. The number of nitrogens with one attached hydrogen (secondary N) is 1. The molecule has 0 aliphatic rings. The number of sulfone groups is 1. The van der Waals surface area contributed by atoms with E-state index in [2.05, 4.69) is 10.1 Å². The van der Waals surface area contributed by atoms with Gasteiger partial charge in [-0.1, -0.05) is 6.92 Å². The summed E-state index contributed by atoms with van der Waals surface area (Å²) in [5, 5.41) is 3.30. The summed E-state index contributed by atoms with van der Waals surface area (Å²) in [7, 11) is -2.33. The van der Waals surface area contributed by atoms with Gasteiger partial charge in [0.05, 0.1) is 25.2 Å². The van der Waals surface area contributed by atoms with Crippen LogP contribution in [-0.2, 0) is 19.3 Å². The minimum absolute atomic E-state index is 0.0353. The van der Waals surface area contributed by atoms with Crippen molar-refractivity contribution in [2.75, 3.05) is 43.7 Å². The van der Waals surface area contributed by atoms with Crippen LogP contribution in [0.5, 0.6) is 0 Å². The summed E-state index contributed by atoms with van der Waals surface area (Å²) in [4.78, 5) is 11.7. The summed E-state index contributed by atoms with van der Waals surface area (Å²) in [6.45, 7) is 4.80. The average molecular weight is 336 g/mol. The van der Waals surface area contributed by atoms with Crippen LogP contribution in [0.25, 0.3) is 0 Å². The Balaban J connectivity index is 3.18. The van der Waals surface area contributed by atoms with E-state index in [0.717, 1.165) is 11.3 Å². The van der Waals surface area contributed by atoms with Crippen molar-refractivity contribution in [3.05, 3.63) is 4.88 Å². The number of esters is 1. The monoisotopic (exact) mass is 336 g/mol. The van der Waals surface area contributed by atoms with Crippen LogP contribution in [-0.4, -0.2) is 47.0 Å². The molecule has 0 fully saturated rings. The Hall–Kier alpha value is -1.32. The smallest absolute Gasteiger partial charge is 0.350 e.